The van der Waals surface area contributed by atoms with Crippen LogP contribution >= 0.6 is 0 Å². The summed E-state index contributed by atoms with van der Waals surface area (Å²) in [4.78, 5) is 16.8. The van der Waals surface area contributed by atoms with Crippen molar-refractivity contribution in [3.63, 3.8) is 0 Å². The molecule has 2 unspecified atom stereocenters. The van der Waals surface area contributed by atoms with Crippen molar-refractivity contribution in [3.05, 3.63) is 0 Å². The van der Waals surface area contributed by atoms with Crippen LogP contribution in [0.2, 0.25) is 0 Å². The number of hydrogen-bond donors (Lipinski definition) is 0. The summed E-state index contributed by atoms with van der Waals surface area (Å²) in [6, 6.07) is 0.397. The SMILES string of the molecule is CCOC(=O)C(CC)N1CCCN(C)CC1CC. The molecule has 18 heavy (non-hydrogen) atoms. The van der Waals surface area contributed by atoms with E-state index in [1.807, 2.05) is 6.92 Å². The first kappa shape index (κ1) is 15.4. The number of rotatable bonds is 5. The highest BCUT2D eigenvalue weighted by Crippen LogP contribution is 2.18. The van der Waals surface area contributed by atoms with Crippen LogP contribution in [0, 0.1) is 0 Å². The van der Waals surface area contributed by atoms with Crippen LogP contribution < -0.4 is 0 Å². The fourth-order valence-corrected chi connectivity index (χ4v) is 2.81. The van der Waals surface area contributed by atoms with Gasteiger partial charge in [-0.25, -0.2) is 0 Å². The Kier molecular flexibility index (Phi) is 6.65. The molecule has 1 aliphatic heterocycles. The maximum Gasteiger partial charge on any atom is 0.323 e. The molecule has 1 aliphatic rings. The molecule has 0 saturated carbocycles. The lowest BCUT2D eigenvalue weighted by molar-refractivity contribution is -0.150. The van der Waals surface area contributed by atoms with Gasteiger partial charge in [-0.1, -0.05) is 13.8 Å². The lowest BCUT2D eigenvalue weighted by Crippen LogP contribution is -2.49. The maximum atomic E-state index is 12.1. The molecule has 0 aromatic carbocycles. The van der Waals surface area contributed by atoms with Crippen molar-refractivity contribution >= 4 is 5.97 Å². The molecule has 1 fully saturated rings. The molecule has 0 amide bonds. The number of carbonyl (C=O) groups excluding carboxylic acids is 1. The third-order valence-electron chi connectivity index (χ3n) is 3.76. The van der Waals surface area contributed by atoms with Crippen molar-refractivity contribution in [2.75, 3.05) is 33.3 Å². The van der Waals surface area contributed by atoms with E-state index < -0.39 is 0 Å². The van der Waals surface area contributed by atoms with Crippen molar-refractivity contribution in [3.8, 4) is 0 Å². The van der Waals surface area contributed by atoms with Crippen LogP contribution in [0.1, 0.15) is 40.0 Å². The van der Waals surface area contributed by atoms with Crippen LogP contribution in [-0.4, -0.2) is 61.1 Å². The monoisotopic (exact) mass is 256 g/mol. The molecule has 106 valence electrons. The summed E-state index contributed by atoms with van der Waals surface area (Å²) in [5.74, 6) is -0.0528. The standard InChI is InChI=1S/C14H28N2O2/c1-5-12-11-15(4)9-8-10-16(12)13(6-2)14(17)18-7-3/h12-13H,5-11H2,1-4H3. The third kappa shape index (κ3) is 3.95. The quantitative estimate of drug-likeness (QED) is 0.702. The topological polar surface area (TPSA) is 32.8 Å². The summed E-state index contributed by atoms with van der Waals surface area (Å²) >= 11 is 0. The van der Waals surface area contributed by atoms with Crippen LogP contribution in [0.4, 0.5) is 0 Å². The van der Waals surface area contributed by atoms with E-state index in [2.05, 4.69) is 30.7 Å². The van der Waals surface area contributed by atoms with E-state index in [1.165, 1.54) is 0 Å². The minimum Gasteiger partial charge on any atom is -0.465 e. The van der Waals surface area contributed by atoms with E-state index >= 15 is 0 Å². The van der Waals surface area contributed by atoms with Gasteiger partial charge in [-0.15, -0.1) is 0 Å². The molecule has 4 nitrogen and oxygen atoms in total. The fourth-order valence-electron chi connectivity index (χ4n) is 2.81. The van der Waals surface area contributed by atoms with Crippen LogP contribution in [0.15, 0.2) is 0 Å². The Morgan fingerprint density at radius 1 is 1.33 bits per heavy atom. The van der Waals surface area contributed by atoms with Gasteiger partial charge in [0, 0.05) is 19.1 Å². The molecular weight excluding hydrogens is 228 g/mol. The summed E-state index contributed by atoms with van der Waals surface area (Å²) in [5, 5.41) is 0. The van der Waals surface area contributed by atoms with E-state index in [0.717, 1.165) is 38.9 Å². The molecule has 1 saturated heterocycles. The minimum absolute atomic E-state index is 0.0528. The summed E-state index contributed by atoms with van der Waals surface area (Å²) in [6.07, 6.45) is 3.04. The van der Waals surface area contributed by atoms with Gasteiger partial charge in [0.25, 0.3) is 0 Å². The van der Waals surface area contributed by atoms with Gasteiger partial charge in [-0.3, -0.25) is 9.69 Å². The molecule has 0 bridgehead atoms. The molecule has 0 aromatic heterocycles. The number of nitrogens with zero attached hydrogens (tertiary/aromatic N) is 2. The van der Waals surface area contributed by atoms with E-state index in [0.29, 0.717) is 12.6 Å². The van der Waals surface area contributed by atoms with Gasteiger partial charge in [0.05, 0.1) is 6.61 Å². The van der Waals surface area contributed by atoms with Crippen molar-refractivity contribution in [2.24, 2.45) is 0 Å². The molecule has 1 heterocycles. The average Bonchev–Trinajstić information content (AvgIpc) is 2.53. The predicted molar refractivity (Wildman–Crippen MR) is 73.6 cm³/mol. The second-order valence-corrected chi connectivity index (χ2v) is 5.09. The number of hydrogen-bond acceptors (Lipinski definition) is 4. The lowest BCUT2D eigenvalue weighted by atomic mass is 10.1. The van der Waals surface area contributed by atoms with Gasteiger partial charge in [0.15, 0.2) is 0 Å². The second-order valence-electron chi connectivity index (χ2n) is 5.09. The lowest BCUT2D eigenvalue weighted by Gasteiger charge is -2.35. The first-order valence-electron chi connectivity index (χ1n) is 7.24. The van der Waals surface area contributed by atoms with Crippen LogP contribution in [0.5, 0.6) is 0 Å². The predicted octanol–water partition coefficient (Wildman–Crippen LogP) is 1.74. The Bertz CT molecular complexity index is 258. The van der Waals surface area contributed by atoms with E-state index in [9.17, 15) is 4.79 Å². The first-order chi connectivity index (χ1) is 8.63. The third-order valence-corrected chi connectivity index (χ3v) is 3.76. The van der Waals surface area contributed by atoms with Gasteiger partial charge < -0.3 is 9.64 Å². The van der Waals surface area contributed by atoms with Crippen LogP contribution in [-0.2, 0) is 9.53 Å². The van der Waals surface area contributed by atoms with Gasteiger partial charge in [0.1, 0.15) is 6.04 Å². The number of likely N-dealkylation sites (N-methyl/N-ethyl adjacent to an activating group) is 1. The highest BCUT2D eigenvalue weighted by molar-refractivity contribution is 5.75. The van der Waals surface area contributed by atoms with E-state index in [-0.39, 0.29) is 12.0 Å². The zero-order chi connectivity index (χ0) is 13.5. The maximum absolute atomic E-state index is 12.1. The summed E-state index contributed by atoms with van der Waals surface area (Å²) in [7, 11) is 2.16. The Balaban J connectivity index is 2.77. The van der Waals surface area contributed by atoms with E-state index in [1.54, 1.807) is 0 Å². The second kappa shape index (κ2) is 7.74. The largest absolute Gasteiger partial charge is 0.465 e. The van der Waals surface area contributed by atoms with Crippen LogP contribution in [0.3, 0.4) is 0 Å². The molecule has 1 rings (SSSR count). The molecule has 0 N–H and O–H groups in total. The molecule has 0 spiro atoms. The smallest absolute Gasteiger partial charge is 0.323 e. The Morgan fingerprint density at radius 3 is 2.61 bits per heavy atom. The Labute approximate surface area is 111 Å². The van der Waals surface area contributed by atoms with Crippen molar-refractivity contribution in [2.45, 2.75) is 52.1 Å². The summed E-state index contributed by atoms with van der Waals surface area (Å²) in [5.41, 5.74) is 0. The van der Waals surface area contributed by atoms with Crippen molar-refractivity contribution in [1.82, 2.24) is 9.80 Å². The highest BCUT2D eigenvalue weighted by Gasteiger charge is 2.32. The molecule has 0 aromatic rings. The number of carbonyl (C=O) groups is 1. The van der Waals surface area contributed by atoms with E-state index in [4.69, 9.17) is 4.74 Å². The number of esters is 1. The molecule has 4 heteroatoms. The summed E-state index contributed by atoms with van der Waals surface area (Å²) < 4.78 is 5.21. The van der Waals surface area contributed by atoms with Gasteiger partial charge in [0.2, 0.25) is 0 Å². The number of ether oxygens (including phenoxy) is 1. The highest BCUT2D eigenvalue weighted by atomic mass is 16.5. The van der Waals surface area contributed by atoms with Crippen molar-refractivity contribution < 1.29 is 9.53 Å². The molecule has 0 radical (unpaired) electrons. The van der Waals surface area contributed by atoms with Crippen LogP contribution in [0.25, 0.3) is 0 Å². The Hall–Kier alpha value is -0.610. The molecular formula is C14H28N2O2. The van der Waals surface area contributed by atoms with Gasteiger partial charge in [-0.05, 0) is 39.8 Å². The summed E-state index contributed by atoms with van der Waals surface area (Å²) in [6.45, 7) is 9.79. The normalized spacial score (nSPS) is 24.6. The van der Waals surface area contributed by atoms with Gasteiger partial charge >= 0.3 is 5.97 Å². The minimum atomic E-state index is -0.0681. The zero-order valence-electron chi connectivity index (χ0n) is 12.3. The fraction of sp³-hybridized carbons (Fsp3) is 0.929. The Morgan fingerprint density at radius 2 is 2.06 bits per heavy atom. The molecule has 2 atom stereocenters. The first-order valence-corrected chi connectivity index (χ1v) is 7.24. The van der Waals surface area contributed by atoms with Crippen molar-refractivity contribution in [1.29, 1.82) is 0 Å². The average molecular weight is 256 g/mol. The molecule has 0 aliphatic carbocycles. The zero-order valence-corrected chi connectivity index (χ0v) is 12.3. The van der Waals surface area contributed by atoms with Gasteiger partial charge in [-0.2, -0.15) is 0 Å².